The summed E-state index contributed by atoms with van der Waals surface area (Å²) in [7, 11) is 1.32. The number of carbonyl (C=O) groups excluding carboxylic acids is 3. The Balaban J connectivity index is 1.62. The van der Waals surface area contributed by atoms with Crippen LogP contribution in [0.2, 0.25) is 0 Å². The molecule has 0 aliphatic carbocycles. The number of esters is 1. The van der Waals surface area contributed by atoms with Crippen LogP contribution in [0.25, 0.3) is 10.9 Å². The monoisotopic (exact) mass is 377 g/mol. The van der Waals surface area contributed by atoms with Crippen LogP contribution in [0.3, 0.4) is 0 Å². The van der Waals surface area contributed by atoms with Crippen molar-refractivity contribution in [2.75, 3.05) is 19.0 Å². The number of rotatable bonds is 3. The molecule has 2 amide bonds. The van der Waals surface area contributed by atoms with E-state index in [0.717, 1.165) is 16.5 Å². The van der Waals surface area contributed by atoms with Gasteiger partial charge in [-0.05, 0) is 48.0 Å². The van der Waals surface area contributed by atoms with Crippen LogP contribution in [0.5, 0.6) is 0 Å². The Morgan fingerprint density at radius 3 is 2.54 bits per heavy atom. The van der Waals surface area contributed by atoms with Crippen molar-refractivity contribution in [3.8, 4) is 0 Å². The Kier molecular flexibility index (Phi) is 4.35. The van der Waals surface area contributed by atoms with Crippen molar-refractivity contribution in [2.45, 2.75) is 12.8 Å². The smallest absolute Gasteiger partial charge is 0.337 e. The van der Waals surface area contributed by atoms with Crippen LogP contribution < -0.4 is 10.6 Å². The van der Waals surface area contributed by atoms with Crippen molar-refractivity contribution >= 4 is 34.4 Å². The summed E-state index contributed by atoms with van der Waals surface area (Å²) in [5.41, 5.74) is 3.80. The summed E-state index contributed by atoms with van der Waals surface area (Å²) in [6.07, 6.45) is 0. The van der Waals surface area contributed by atoms with Crippen molar-refractivity contribution in [1.29, 1.82) is 0 Å². The predicted octanol–water partition coefficient (Wildman–Crippen LogP) is 3.05. The number of ether oxygens (including phenoxy) is 1. The summed E-state index contributed by atoms with van der Waals surface area (Å²) >= 11 is 0. The van der Waals surface area contributed by atoms with Crippen LogP contribution in [0.4, 0.5) is 5.69 Å². The number of aromatic nitrogens is 1. The molecule has 0 spiro atoms. The minimum absolute atomic E-state index is 0.124. The molecule has 142 valence electrons. The first kappa shape index (κ1) is 17.8. The van der Waals surface area contributed by atoms with E-state index in [2.05, 4.69) is 20.4 Å². The van der Waals surface area contributed by atoms with E-state index in [9.17, 15) is 14.4 Å². The fourth-order valence-electron chi connectivity index (χ4n) is 3.49. The van der Waals surface area contributed by atoms with Crippen LogP contribution in [0.1, 0.15) is 49.6 Å². The van der Waals surface area contributed by atoms with E-state index >= 15 is 0 Å². The summed E-state index contributed by atoms with van der Waals surface area (Å²) in [5, 5.41) is 6.55. The molecule has 4 rings (SSSR count). The maximum atomic E-state index is 12.7. The third-order valence-electron chi connectivity index (χ3n) is 4.95. The zero-order valence-corrected chi connectivity index (χ0v) is 15.5. The third-order valence-corrected chi connectivity index (χ3v) is 4.95. The minimum Gasteiger partial charge on any atom is -0.465 e. The molecule has 1 atom stereocenters. The quantitative estimate of drug-likeness (QED) is 0.611. The Hall–Kier alpha value is -3.61. The highest BCUT2D eigenvalue weighted by molar-refractivity contribution is 6.08. The van der Waals surface area contributed by atoms with Crippen molar-refractivity contribution in [3.63, 3.8) is 0 Å². The van der Waals surface area contributed by atoms with Gasteiger partial charge in [0.1, 0.15) is 5.69 Å². The van der Waals surface area contributed by atoms with E-state index in [1.54, 1.807) is 36.4 Å². The Bertz CT molecular complexity index is 1100. The zero-order valence-electron chi connectivity index (χ0n) is 15.5. The van der Waals surface area contributed by atoms with E-state index in [1.807, 2.05) is 13.0 Å². The summed E-state index contributed by atoms with van der Waals surface area (Å²) in [6.45, 7) is 2.61. The molecule has 7 nitrogen and oxygen atoms in total. The summed E-state index contributed by atoms with van der Waals surface area (Å²) < 4.78 is 4.66. The molecule has 0 fully saturated rings. The number of methoxy groups -OCH3 is 1. The molecular weight excluding hydrogens is 358 g/mol. The number of fused-ring (bicyclic) bond motifs is 3. The van der Waals surface area contributed by atoms with Gasteiger partial charge in [-0.3, -0.25) is 9.59 Å². The molecular formula is C21H19N3O4. The van der Waals surface area contributed by atoms with Crippen molar-refractivity contribution in [3.05, 3.63) is 64.8 Å². The first-order chi connectivity index (χ1) is 13.5. The van der Waals surface area contributed by atoms with Gasteiger partial charge in [0.25, 0.3) is 11.8 Å². The average Bonchev–Trinajstić information content (AvgIpc) is 3.11. The number of hydrogen-bond acceptors (Lipinski definition) is 4. The molecule has 3 N–H and O–H groups in total. The number of hydrogen-bond donors (Lipinski definition) is 3. The number of anilines is 1. The molecule has 0 radical (unpaired) electrons. The van der Waals surface area contributed by atoms with Gasteiger partial charge in [0.05, 0.1) is 12.7 Å². The fourth-order valence-corrected chi connectivity index (χ4v) is 3.49. The largest absolute Gasteiger partial charge is 0.465 e. The molecule has 1 aromatic heterocycles. The van der Waals surface area contributed by atoms with E-state index in [-0.39, 0.29) is 17.7 Å². The lowest BCUT2D eigenvalue weighted by Gasteiger charge is -2.19. The summed E-state index contributed by atoms with van der Waals surface area (Å²) in [4.78, 5) is 39.4. The maximum absolute atomic E-state index is 12.7. The highest BCUT2D eigenvalue weighted by atomic mass is 16.5. The molecule has 3 aromatic rings. The van der Waals surface area contributed by atoms with Crippen LogP contribution in [-0.4, -0.2) is 36.4 Å². The predicted molar refractivity (Wildman–Crippen MR) is 105 cm³/mol. The molecule has 2 heterocycles. The van der Waals surface area contributed by atoms with Gasteiger partial charge < -0.3 is 20.4 Å². The number of nitrogens with one attached hydrogen (secondary N) is 3. The molecule has 1 unspecified atom stereocenters. The zero-order chi connectivity index (χ0) is 19.8. The van der Waals surface area contributed by atoms with Crippen molar-refractivity contribution < 1.29 is 19.1 Å². The summed E-state index contributed by atoms with van der Waals surface area (Å²) in [6, 6.07) is 11.8. The van der Waals surface area contributed by atoms with Gasteiger partial charge in [-0.25, -0.2) is 4.79 Å². The summed E-state index contributed by atoms with van der Waals surface area (Å²) in [5.74, 6) is -0.666. The second kappa shape index (κ2) is 6.84. The molecule has 2 aromatic carbocycles. The molecule has 0 saturated heterocycles. The standard InChI is InChI=1S/C21H19N3O4/c1-11-10-22-20(26)18-17(11)15-9-13(5-8-16(15)24-18)19(25)23-14-6-3-12(4-7-14)21(27)28-2/h3-9,11,24H,10H2,1-2H3,(H,22,26)(H,23,25). The normalized spacial score (nSPS) is 15.6. The third kappa shape index (κ3) is 3.00. The van der Waals surface area contributed by atoms with Crippen LogP contribution in [-0.2, 0) is 4.74 Å². The van der Waals surface area contributed by atoms with E-state index in [0.29, 0.717) is 29.1 Å². The second-order valence-electron chi connectivity index (χ2n) is 6.81. The molecule has 0 saturated carbocycles. The Morgan fingerprint density at radius 1 is 1.11 bits per heavy atom. The fraction of sp³-hybridized carbons (Fsp3) is 0.190. The number of carbonyl (C=O) groups is 3. The average molecular weight is 377 g/mol. The van der Waals surface area contributed by atoms with E-state index in [1.165, 1.54) is 7.11 Å². The van der Waals surface area contributed by atoms with E-state index < -0.39 is 5.97 Å². The highest BCUT2D eigenvalue weighted by Gasteiger charge is 2.27. The first-order valence-corrected chi connectivity index (χ1v) is 8.91. The topological polar surface area (TPSA) is 100 Å². The molecule has 28 heavy (non-hydrogen) atoms. The van der Waals surface area contributed by atoms with E-state index in [4.69, 9.17) is 0 Å². The van der Waals surface area contributed by atoms with Gasteiger partial charge in [0.2, 0.25) is 0 Å². The first-order valence-electron chi connectivity index (χ1n) is 8.91. The Morgan fingerprint density at radius 2 is 1.82 bits per heavy atom. The van der Waals surface area contributed by atoms with Gasteiger partial charge in [-0.2, -0.15) is 0 Å². The molecule has 7 heteroatoms. The van der Waals surface area contributed by atoms with Crippen LogP contribution in [0, 0.1) is 0 Å². The van der Waals surface area contributed by atoms with Gasteiger partial charge >= 0.3 is 5.97 Å². The lowest BCUT2D eigenvalue weighted by atomic mass is 9.93. The van der Waals surface area contributed by atoms with Gasteiger partial charge in [-0.15, -0.1) is 0 Å². The molecule has 0 bridgehead atoms. The van der Waals surface area contributed by atoms with Gasteiger partial charge in [0.15, 0.2) is 0 Å². The van der Waals surface area contributed by atoms with Crippen molar-refractivity contribution in [2.24, 2.45) is 0 Å². The highest BCUT2D eigenvalue weighted by Crippen LogP contribution is 2.32. The number of benzene rings is 2. The van der Waals surface area contributed by atoms with Gasteiger partial charge in [0, 0.05) is 34.6 Å². The number of aromatic amines is 1. The SMILES string of the molecule is COC(=O)c1ccc(NC(=O)c2ccc3[nH]c4c(c3c2)C(C)CNC4=O)cc1. The lowest BCUT2D eigenvalue weighted by Crippen LogP contribution is -2.33. The van der Waals surface area contributed by atoms with Crippen molar-refractivity contribution in [1.82, 2.24) is 10.3 Å². The second-order valence-corrected chi connectivity index (χ2v) is 6.81. The number of H-pyrrole nitrogens is 1. The Labute approximate surface area is 161 Å². The van der Waals surface area contributed by atoms with Crippen LogP contribution >= 0.6 is 0 Å². The lowest BCUT2D eigenvalue weighted by molar-refractivity contribution is 0.0600. The number of amides is 2. The minimum atomic E-state index is -0.432. The van der Waals surface area contributed by atoms with Gasteiger partial charge in [-0.1, -0.05) is 6.92 Å². The molecule has 1 aliphatic rings. The van der Waals surface area contributed by atoms with Crippen LogP contribution in [0.15, 0.2) is 42.5 Å². The molecule has 1 aliphatic heterocycles. The maximum Gasteiger partial charge on any atom is 0.337 e.